The maximum absolute atomic E-state index is 11.3. The van der Waals surface area contributed by atoms with Gasteiger partial charge < -0.3 is 10.1 Å². The minimum absolute atomic E-state index is 0.0491. The van der Waals surface area contributed by atoms with E-state index in [0.29, 0.717) is 12.6 Å². The van der Waals surface area contributed by atoms with Crippen LogP contribution < -0.4 is 5.32 Å². The van der Waals surface area contributed by atoms with Gasteiger partial charge in [0.25, 0.3) is 0 Å². The van der Waals surface area contributed by atoms with Crippen LogP contribution in [0.5, 0.6) is 0 Å². The van der Waals surface area contributed by atoms with Gasteiger partial charge in [-0.3, -0.25) is 4.79 Å². The van der Waals surface area contributed by atoms with E-state index in [-0.39, 0.29) is 12.5 Å². The van der Waals surface area contributed by atoms with Crippen LogP contribution in [0.2, 0.25) is 0 Å². The number of ether oxygens (including phenoxy) is 1. The molecule has 1 amide bonds. The van der Waals surface area contributed by atoms with E-state index in [1.165, 1.54) is 12.8 Å². The molecule has 0 saturated heterocycles. The van der Waals surface area contributed by atoms with Crippen LogP contribution in [0.15, 0.2) is 0 Å². The molecule has 1 aliphatic carbocycles. The third-order valence-corrected chi connectivity index (χ3v) is 2.60. The van der Waals surface area contributed by atoms with E-state index in [4.69, 9.17) is 4.74 Å². The zero-order chi connectivity index (χ0) is 10.2. The van der Waals surface area contributed by atoms with E-state index in [0.717, 1.165) is 25.7 Å². The van der Waals surface area contributed by atoms with Crippen molar-refractivity contribution in [2.75, 3.05) is 13.2 Å². The highest BCUT2D eigenvalue weighted by Crippen LogP contribution is 2.17. The normalized spacial score (nSPS) is 17.2. The zero-order valence-electron chi connectivity index (χ0n) is 9.05. The molecule has 3 heteroatoms. The lowest BCUT2D eigenvalue weighted by molar-refractivity contribution is -0.126. The first-order valence-corrected chi connectivity index (χ1v) is 5.70. The van der Waals surface area contributed by atoms with Crippen molar-refractivity contribution >= 4 is 5.91 Å². The molecule has 0 spiro atoms. The van der Waals surface area contributed by atoms with Gasteiger partial charge in [-0.05, 0) is 19.3 Å². The molecular weight excluding hydrogens is 178 g/mol. The largest absolute Gasteiger partial charge is 0.372 e. The Hall–Kier alpha value is -0.570. The Morgan fingerprint density at radius 3 is 2.79 bits per heavy atom. The summed E-state index contributed by atoms with van der Waals surface area (Å²) in [5.41, 5.74) is 0. The molecular formula is C11H21NO2. The second-order valence-corrected chi connectivity index (χ2v) is 3.96. The van der Waals surface area contributed by atoms with Crippen LogP contribution in [0.4, 0.5) is 0 Å². The van der Waals surface area contributed by atoms with E-state index in [9.17, 15) is 4.79 Å². The Morgan fingerprint density at radius 2 is 2.14 bits per heavy atom. The molecule has 0 aromatic carbocycles. The summed E-state index contributed by atoms with van der Waals surface area (Å²) in [5, 5.41) is 2.99. The standard InChI is InChI=1S/C11H21NO2/c1-2-3-8-14-9-11(13)12-10-6-4-5-7-10/h10H,2-9H2,1H3,(H,12,13). The molecule has 1 rings (SSSR count). The summed E-state index contributed by atoms with van der Waals surface area (Å²) in [4.78, 5) is 11.3. The molecule has 0 aromatic rings. The third-order valence-electron chi connectivity index (χ3n) is 2.60. The summed E-state index contributed by atoms with van der Waals surface area (Å²) >= 11 is 0. The summed E-state index contributed by atoms with van der Waals surface area (Å²) < 4.78 is 5.23. The van der Waals surface area contributed by atoms with Crippen LogP contribution in [-0.4, -0.2) is 25.2 Å². The number of carbonyl (C=O) groups excluding carboxylic acids is 1. The number of rotatable bonds is 6. The van der Waals surface area contributed by atoms with Crippen LogP contribution in [-0.2, 0) is 9.53 Å². The van der Waals surface area contributed by atoms with Gasteiger partial charge in [-0.2, -0.15) is 0 Å². The molecule has 0 heterocycles. The maximum Gasteiger partial charge on any atom is 0.246 e. The second kappa shape index (κ2) is 6.82. The van der Waals surface area contributed by atoms with Gasteiger partial charge in [-0.25, -0.2) is 0 Å². The average Bonchev–Trinajstić information content (AvgIpc) is 2.65. The van der Waals surface area contributed by atoms with Crippen molar-refractivity contribution in [3.63, 3.8) is 0 Å². The number of unbranched alkanes of at least 4 members (excludes halogenated alkanes) is 1. The lowest BCUT2D eigenvalue weighted by Crippen LogP contribution is -2.35. The predicted molar refractivity (Wildman–Crippen MR) is 56.1 cm³/mol. The van der Waals surface area contributed by atoms with E-state index in [1.807, 2.05) is 0 Å². The monoisotopic (exact) mass is 199 g/mol. The average molecular weight is 199 g/mol. The Balaban J connectivity index is 1.98. The fraction of sp³-hybridized carbons (Fsp3) is 0.909. The van der Waals surface area contributed by atoms with Gasteiger partial charge in [-0.1, -0.05) is 26.2 Å². The summed E-state index contributed by atoms with van der Waals surface area (Å²) in [6.07, 6.45) is 6.94. The lowest BCUT2D eigenvalue weighted by Gasteiger charge is -2.11. The molecule has 3 nitrogen and oxygen atoms in total. The van der Waals surface area contributed by atoms with Crippen LogP contribution >= 0.6 is 0 Å². The minimum atomic E-state index is 0.0491. The minimum Gasteiger partial charge on any atom is -0.372 e. The Bertz CT molecular complexity index is 165. The molecule has 1 fully saturated rings. The van der Waals surface area contributed by atoms with E-state index in [2.05, 4.69) is 12.2 Å². The fourth-order valence-electron chi connectivity index (χ4n) is 1.75. The highest BCUT2D eigenvalue weighted by Gasteiger charge is 2.16. The molecule has 0 atom stereocenters. The number of nitrogens with one attached hydrogen (secondary N) is 1. The number of hydrogen-bond donors (Lipinski definition) is 1. The van der Waals surface area contributed by atoms with Crippen LogP contribution in [0.25, 0.3) is 0 Å². The number of hydrogen-bond acceptors (Lipinski definition) is 2. The van der Waals surface area contributed by atoms with Gasteiger partial charge in [0.05, 0.1) is 0 Å². The van der Waals surface area contributed by atoms with Gasteiger partial charge in [0.2, 0.25) is 5.91 Å². The third kappa shape index (κ3) is 4.61. The van der Waals surface area contributed by atoms with Crippen LogP contribution in [0, 0.1) is 0 Å². The van der Waals surface area contributed by atoms with Crippen molar-refractivity contribution in [3.8, 4) is 0 Å². The van der Waals surface area contributed by atoms with E-state index < -0.39 is 0 Å². The fourth-order valence-corrected chi connectivity index (χ4v) is 1.75. The molecule has 82 valence electrons. The number of amides is 1. The maximum atomic E-state index is 11.3. The van der Waals surface area contributed by atoms with Crippen molar-refractivity contribution < 1.29 is 9.53 Å². The molecule has 1 N–H and O–H groups in total. The predicted octanol–water partition coefficient (Wildman–Crippen LogP) is 1.86. The number of carbonyl (C=O) groups is 1. The summed E-state index contributed by atoms with van der Waals surface area (Å²) in [5.74, 6) is 0.0491. The van der Waals surface area contributed by atoms with Gasteiger partial charge in [0.1, 0.15) is 6.61 Å². The molecule has 0 aromatic heterocycles. The van der Waals surface area contributed by atoms with E-state index >= 15 is 0 Å². The highest BCUT2D eigenvalue weighted by atomic mass is 16.5. The molecule has 0 aliphatic heterocycles. The molecule has 0 unspecified atom stereocenters. The van der Waals surface area contributed by atoms with E-state index in [1.54, 1.807) is 0 Å². The lowest BCUT2D eigenvalue weighted by atomic mass is 10.2. The molecule has 0 bridgehead atoms. The molecule has 1 saturated carbocycles. The summed E-state index contributed by atoms with van der Waals surface area (Å²) in [6, 6.07) is 0.414. The van der Waals surface area contributed by atoms with Gasteiger partial charge in [0.15, 0.2) is 0 Å². The van der Waals surface area contributed by atoms with Crippen molar-refractivity contribution in [2.24, 2.45) is 0 Å². The molecule has 14 heavy (non-hydrogen) atoms. The molecule has 1 aliphatic rings. The van der Waals surface area contributed by atoms with Gasteiger partial charge >= 0.3 is 0 Å². The molecule has 0 radical (unpaired) electrons. The first kappa shape index (κ1) is 11.5. The Labute approximate surface area is 86.2 Å². The van der Waals surface area contributed by atoms with Crippen molar-refractivity contribution in [1.82, 2.24) is 5.32 Å². The Morgan fingerprint density at radius 1 is 1.43 bits per heavy atom. The van der Waals surface area contributed by atoms with Crippen molar-refractivity contribution in [3.05, 3.63) is 0 Å². The quantitative estimate of drug-likeness (QED) is 0.663. The summed E-state index contributed by atoms with van der Waals surface area (Å²) in [6.45, 7) is 3.05. The first-order chi connectivity index (χ1) is 6.83. The zero-order valence-corrected chi connectivity index (χ0v) is 9.05. The van der Waals surface area contributed by atoms with Crippen LogP contribution in [0.1, 0.15) is 45.4 Å². The highest BCUT2D eigenvalue weighted by molar-refractivity contribution is 5.77. The van der Waals surface area contributed by atoms with Crippen molar-refractivity contribution in [1.29, 1.82) is 0 Å². The smallest absolute Gasteiger partial charge is 0.246 e. The second-order valence-electron chi connectivity index (χ2n) is 3.96. The van der Waals surface area contributed by atoms with Crippen LogP contribution in [0.3, 0.4) is 0 Å². The SMILES string of the molecule is CCCCOCC(=O)NC1CCCC1. The Kier molecular flexibility index (Phi) is 5.60. The van der Waals surface area contributed by atoms with Gasteiger partial charge in [0, 0.05) is 12.6 Å². The first-order valence-electron chi connectivity index (χ1n) is 5.70. The topological polar surface area (TPSA) is 38.3 Å². The summed E-state index contributed by atoms with van der Waals surface area (Å²) in [7, 11) is 0. The van der Waals surface area contributed by atoms with Gasteiger partial charge in [-0.15, -0.1) is 0 Å². The van der Waals surface area contributed by atoms with Crippen molar-refractivity contribution in [2.45, 2.75) is 51.5 Å².